The molecule has 33 heavy (non-hydrogen) atoms. The fourth-order valence-electron chi connectivity index (χ4n) is 2.93. The Hall–Kier alpha value is -3.10. The highest BCUT2D eigenvalue weighted by atomic mass is 16.6. The maximum absolute atomic E-state index is 12.2. The molecule has 9 nitrogen and oxygen atoms in total. The van der Waals surface area contributed by atoms with Gasteiger partial charge in [0.2, 0.25) is 11.8 Å². The van der Waals surface area contributed by atoms with Gasteiger partial charge in [-0.15, -0.1) is 0 Å². The van der Waals surface area contributed by atoms with Gasteiger partial charge in [0.05, 0.1) is 6.42 Å². The molecule has 3 N–H and O–H groups in total. The van der Waals surface area contributed by atoms with Crippen molar-refractivity contribution in [2.75, 3.05) is 0 Å². The van der Waals surface area contributed by atoms with Crippen molar-refractivity contribution in [1.29, 1.82) is 0 Å². The molecule has 0 saturated heterocycles. The fraction of sp³-hybridized carbons (Fsp3) is 0.583. The van der Waals surface area contributed by atoms with Crippen LogP contribution in [0.4, 0.5) is 4.79 Å². The molecule has 0 unspecified atom stereocenters. The Morgan fingerprint density at radius 1 is 0.788 bits per heavy atom. The van der Waals surface area contributed by atoms with E-state index in [4.69, 9.17) is 9.47 Å². The molecule has 9 heteroatoms. The average Bonchev–Trinajstić information content (AvgIpc) is 2.64. The lowest BCUT2D eigenvalue weighted by Gasteiger charge is -2.22. The summed E-state index contributed by atoms with van der Waals surface area (Å²) in [6, 6.07) is 8.10. The van der Waals surface area contributed by atoms with Gasteiger partial charge < -0.3 is 25.4 Å². The standard InChI is InChI=1S/C24H37N3O6/c1-16(25-21(29)13-17(2)27-23(31)33-24(4,5)6)12-20(28)26-18(3)14-22(30)32-15-19-10-8-7-9-11-19/h7-11,16-18H,12-15H2,1-6H3,(H,25,29)(H,26,28)(H,27,31)/t16-,17-,18-/m0/s1. The van der Waals surface area contributed by atoms with Crippen molar-refractivity contribution >= 4 is 23.9 Å². The van der Waals surface area contributed by atoms with Crippen molar-refractivity contribution in [3.63, 3.8) is 0 Å². The van der Waals surface area contributed by atoms with Gasteiger partial charge in [-0.05, 0) is 47.1 Å². The largest absolute Gasteiger partial charge is 0.461 e. The Labute approximate surface area is 196 Å². The molecule has 0 spiro atoms. The molecule has 0 fully saturated rings. The summed E-state index contributed by atoms with van der Waals surface area (Å²) in [5.41, 5.74) is 0.270. The second kappa shape index (κ2) is 13.4. The van der Waals surface area contributed by atoms with Gasteiger partial charge in [-0.2, -0.15) is 0 Å². The maximum atomic E-state index is 12.2. The first-order valence-electron chi connectivity index (χ1n) is 11.1. The fourth-order valence-corrected chi connectivity index (χ4v) is 2.93. The van der Waals surface area contributed by atoms with Crippen molar-refractivity contribution < 1.29 is 28.7 Å². The van der Waals surface area contributed by atoms with Crippen LogP contribution in [0.3, 0.4) is 0 Å². The van der Waals surface area contributed by atoms with Crippen molar-refractivity contribution in [3.8, 4) is 0 Å². The van der Waals surface area contributed by atoms with Crippen LogP contribution in [-0.4, -0.2) is 47.6 Å². The Bertz CT molecular complexity index is 791. The van der Waals surface area contributed by atoms with E-state index in [0.29, 0.717) is 0 Å². The first kappa shape index (κ1) is 27.9. The third-order valence-corrected chi connectivity index (χ3v) is 4.28. The van der Waals surface area contributed by atoms with Crippen LogP contribution in [0.1, 0.15) is 66.4 Å². The zero-order valence-corrected chi connectivity index (χ0v) is 20.4. The van der Waals surface area contributed by atoms with Gasteiger partial charge in [0.15, 0.2) is 0 Å². The first-order valence-corrected chi connectivity index (χ1v) is 11.1. The number of ether oxygens (including phenoxy) is 2. The smallest absolute Gasteiger partial charge is 0.407 e. The average molecular weight is 464 g/mol. The highest BCUT2D eigenvalue weighted by molar-refractivity contribution is 5.81. The van der Waals surface area contributed by atoms with E-state index < -0.39 is 35.8 Å². The first-order chi connectivity index (χ1) is 15.3. The van der Waals surface area contributed by atoms with E-state index in [2.05, 4.69) is 16.0 Å². The summed E-state index contributed by atoms with van der Waals surface area (Å²) >= 11 is 0. The minimum Gasteiger partial charge on any atom is -0.461 e. The Morgan fingerprint density at radius 2 is 1.27 bits per heavy atom. The van der Waals surface area contributed by atoms with E-state index in [9.17, 15) is 19.2 Å². The number of carbonyl (C=O) groups is 4. The Kier molecular flexibility index (Phi) is 11.4. The second-order valence-electron chi connectivity index (χ2n) is 9.24. The quantitative estimate of drug-likeness (QED) is 0.434. The van der Waals surface area contributed by atoms with Crippen molar-refractivity contribution in [2.24, 2.45) is 0 Å². The zero-order valence-electron chi connectivity index (χ0n) is 20.4. The normalized spacial score (nSPS) is 13.8. The van der Waals surface area contributed by atoms with E-state index in [1.54, 1.807) is 41.5 Å². The highest BCUT2D eigenvalue weighted by Gasteiger charge is 2.20. The van der Waals surface area contributed by atoms with Crippen LogP contribution in [0.2, 0.25) is 0 Å². The van der Waals surface area contributed by atoms with Crippen LogP contribution in [0.5, 0.6) is 0 Å². The van der Waals surface area contributed by atoms with Gasteiger partial charge >= 0.3 is 12.1 Å². The minimum atomic E-state index is -0.621. The molecule has 184 valence electrons. The number of carbonyl (C=O) groups excluding carboxylic acids is 4. The number of amides is 3. The topological polar surface area (TPSA) is 123 Å². The van der Waals surface area contributed by atoms with Gasteiger partial charge in [0.1, 0.15) is 12.2 Å². The predicted molar refractivity (Wildman–Crippen MR) is 124 cm³/mol. The van der Waals surface area contributed by atoms with E-state index >= 15 is 0 Å². The van der Waals surface area contributed by atoms with Crippen molar-refractivity contribution in [3.05, 3.63) is 35.9 Å². The van der Waals surface area contributed by atoms with Crippen LogP contribution in [0.25, 0.3) is 0 Å². The Morgan fingerprint density at radius 3 is 1.79 bits per heavy atom. The monoisotopic (exact) mass is 463 g/mol. The summed E-state index contributed by atoms with van der Waals surface area (Å²) in [4.78, 5) is 48.1. The molecule has 0 radical (unpaired) electrons. The molecule has 0 aliphatic rings. The Balaban J connectivity index is 2.28. The molecule has 0 aliphatic carbocycles. The molecule has 0 saturated carbocycles. The molecule has 1 aromatic carbocycles. The molecule has 1 aromatic rings. The summed E-state index contributed by atoms with van der Waals surface area (Å²) in [5, 5.41) is 8.07. The van der Waals surface area contributed by atoms with E-state index in [1.807, 2.05) is 30.3 Å². The number of hydrogen-bond acceptors (Lipinski definition) is 6. The van der Waals surface area contributed by atoms with Crippen LogP contribution in [0, 0.1) is 0 Å². The molecule has 3 amide bonds. The molecule has 0 aromatic heterocycles. The van der Waals surface area contributed by atoms with Crippen LogP contribution in [0.15, 0.2) is 30.3 Å². The minimum absolute atomic E-state index is 0.0488. The number of rotatable bonds is 11. The summed E-state index contributed by atoms with van der Waals surface area (Å²) in [6.45, 7) is 10.6. The molecule has 0 bridgehead atoms. The summed E-state index contributed by atoms with van der Waals surface area (Å²) in [5.74, 6) is -0.984. The number of benzene rings is 1. The van der Waals surface area contributed by atoms with Gasteiger partial charge in [-0.3, -0.25) is 14.4 Å². The van der Waals surface area contributed by atoms with Crippen LogP contribution in [-0.2, 0) is 30.5 Å². The number of esters is 1. The lowest BCUT2D eigenvalue weighted by atomic mass is 10.1. The van der Waals surface area contributed by atoms with Gasteiger partial charge in [-0.25, -0.2) is 4.79 Å². The van der Waals surface area contributed by atoms with Crippen molar-refractivity contribution in [1.82, 2.24) is 16.0 Å². The number of alkyl carbamates (subject to hydrolysis) is 1. The van der Waals surface area contributed by atoms with Gasteiger partial charge in [-0.1, -0.05) is 30.3 Å². The lowest BCUT2D eigenvalue weighted by molar-refractivity contribution is -0.145. The third kappa shape index (κ3) is 13.8. The molecule has 1 rings (SSSR count). The molecular formula is C24H37N3O6. The molecule has 0 aliphatic heterocycles. The van der Waals surface area contributed by atoms with E-state index in [1.165, 1.54) is 0 Å². The number of hydrogen-bond donors (Lipinski definition) is 3. The SMILES string of the molecule is C[C@@H](CC(=O)N[C@@H](C)CC(=O)OCc1ccccc1)NC(=O)C[C@H](C)NC(=O)OC(C)(C)C. The zero-order chi connectivity index (χ0) is 25.0. The van der Waals surface area contributed by atoms with Crippen molar-refractivity contribution in [2.45, 2.75) is 91.1 Å². The summed E-state index contributed by atoms with van der Waals surface area (Å²) in [6.07, 6.45) is -0.433. The number of nitrogens with one attached hydrogen (secondary N) is 3. The van der Waals surface area contributed by atoms with Crippen LogP contribution < -0.4 is 16.0 Å². The van der Waals surface area contributed by atoms with Gasteiger partial charge in [0, 0.05) is 31.0 Å². The lowest BCUT2D eigenvalue weighted by Crippen LogP contribution is -2.43. The molecule has 0 heterocycles. The predicted octanol–water partition coefficient (Wildman–Crippen LogP) is 2.82. The van der Waals surface area contributed by atoms with Crippen LogP contribution >= 0.6 is 0 Å². The summed E-state index contributed by atoms with van der Waals surface area (Å²) in [7, 11) is 0. The summed E-state index contributed by atoms with van der Waals surface area (Å²) < 4.78 is 10.4. The maximum Gasteiger partial charge on any atom is 0.407 e. The molecule has 3 atom stereocenters. The highest BCUT2D eigenvalue weighted by Crippen LogP contribution is 2.07. The van der Waals surface area contributed by atoms with E-state index in [0.717, 1.165) is 5.56 Å². The second-order valence-corrected chi connectivity index (χ2v) is 9.24. The van der Waals surface area contributed by atoms with E-state index in [-0.39, 0.29) is 37.7 Å². The van der Waals surface area contributed by atoms with Gasteiger partial charge in [0.25, 0.3) is 0 Å². The molecular weight excluding hydrogens is 426 g/mol. The third-order valence-electron chi connectivity index (χ3n) is 4.28.